The largest absolute Gasteiger partial charge is 0.497 e. The zero-order chi connectivity index (χ0) is 16.2. The lowest BCUT2D eigenvalue weighted by molar-refractivity contribution is -0.115. The molecule has 0 radical (unpaired) electrons. The molecule has 0 aliphatic carbocycles. The van der Waals surface area contributed by atoms with Gasteiger partial charge in [-0.1, -0.05) is 6.07 Å². The summed E-state index contributed by atoms with van der Waals surface area (Å²) < 4.78 is 5.09. The Morgan fingerprint density at radius 3 is 2.70 bits per heavy atom. The number of hydrogen-bond acceptors (Lipinski definition) is 4. The van der Waals surface area contributed by atoms with Gasteiger partial charge in [-0.15, -0.1) is 0 Å². The maximum atomic E-state index is 12.5. The van der Waals surface area contributed by atoms with Crippen LogP contribution in [-0.4, -0.2) is 25.5 Å². The standard InChI is InChI=1S/C17H17N3O3/c1-23-12-7-5-11(6-8-12)19-17(22)13-3-2-4-14-16(13)18-10-9-15(21)20-14/h2-8,18H,9-10H2,1H3,(H,19,22)(H,20,21). The van der Waals surface area contributed by atoms with Gasteiger partial charge in [0.2, 0.25) is 5.91 Å². The van der Waals surface area contributed by atoms with Crippen LogP contribution in [0.15, 0.2) is 42.5 Å². The minimum absolute atomic E-state index is 0.0658. The number of carbonyl (C=O) groups is 2. The Balaban J connectivity index is 1.84. The average Bonchev–Trinajstić information content (AvgIpc) is 2.75. The predicted molar refractivity (Wildman–Crippen MR) is 89.1 cm³/mol. The monoisotopic (exact) mass is 311 g/mol. The molecule has 0 unspecified atom stereocenters. The number of hydrogen-bond donors (Lipinski definition) is 3. The molecule has 1 heterocycles. The number of amides is 2. The predicted octanol–water partition coefficient (Wildman–Crippen LogP) is 2.70. The van der Waals surface area contributed by atoms with E-state index in [1.165, 1.54) is 0 Å². The minimum Gasteiger partial charge on any atom is -0.497 e. The van der Waals surface area contributed by atoms with Crippen LogP contribution in [0.5, 0.6) is 5.75 Å². The maximum absolute atomic E-state index is 12.5. The van der Waals surface area contributed by atoms with Gasteiger partial charge in [-0.05, 0) is 36.4 Å². The SMILES string of the molecule is COc1ccc(NC(=O)c2cccc3c2NCCC(=O)N3)cc1. The zero-order valence-corrected chi connectivity index (χ0v) is 12.7. The molecule has 3 N–H and O–H groups in total. The lowest BCUT2D eigenvalue weighted by Crippen LogP contribution is -2.15. The quantitative estimate of drug-likeness (QED) is 0.814. The molecule has 23 heavy (non-hydrogen) atoms. The summed E-state index contributed by atoms with van der Waals surface area (Å²) in [7, 11) is 1.59. The fourth-order valence-electron chi connectivity index (χ4n) is 2.42. The highest BCUT2D eigenvalue weighted by molar-refractivity contribution is 6.11. The Hall–Kier alpha value is -3.02. The van der Waals surface area contributed by atoms with Crippen LogP contribution in [0.2, 0.25) is 0 Å². The molecule has 0 saturated heterocycles. The highest BCUT2D eigenvalue weighted by Gasteiger charge is 2.19. The van der Waals surface area contributed by atoms with Gasteiger partial charge in [0.1, 0.15) is 5.75 Å². The summed E-state index contributed by atoms with van der Waals surface area (Å²) in [6.45, 7) is 0.492. The van der Waals surface area contributed by atoms with Crippen molar-refractivity contribution in [1.82, 2.24) is 0 Å². The van der Waals surface area contributed by atoms with Crippen molar-refractivity contribution >= 4 is 28.9 Å². The van der Waals surface area contributed by atoms with Gasteiger partial charge < -0.3 is 20.7 Å². The summed E-state index contributed by atoms with van der Waals surface area (Å²) in [5.41, 5.74) is 2.42. The van der Waals surface area contributed by atoms with Gasteiger partial charge in [-0.25, -0.2) is 0 Å². The summed E-state index contributed by atoms with van der Waals surface area (Å²) in [5, 5.41) is 8.79. The van der Waals surface area contributed by atoms with Gasteiger partial charge >= 0.3 is 0 Å². The number of benzene rings is 2. The number of rotatable bonds is 3. The van der Waals surface area contributed by atoms with Crippen LogP contribution in [0.3, 0.4) is 0 Å². The van der Waals surface area contributed by atoms with Crippen LogP contribution in [0.25, 0.3) is 0 Å². The topological polar surface area (TPSA) is 79.5 Å². The number of fused-ring (bicyclic) bond motifs is 1. The van der Waals surface area contributed by atoms with Crippen molar-refractivity contribution in [2.45, 2.75) is 6.42 Å². The van der Waals surface area contributed by atoms with Crippen LogP contribution in [0, 0.1) is 0 Å². The van der Waals surface area contributed by atoms with E-state index in [1.54, 1.807) is 49.6 Å². The number of carbonyl (C=O) groups excluding carboxylic acids is 2. The zero-order valence-electron chi connectivity index (χ0n) is 12.7. The van der Waals surface area contributed by atoms with Crippen molar-refractivity contribution in [2.24, 2.45) is 0 Å². The Morgan fingerprint density at radius 1 is 1.17 bits per heavy atom. The molecule has 3 rings (SSSR count). The molecule has 0 atom stereocenters. The van der Waals surface area contributed by atoms with Gasteiger partial charge in [0.15, 0.2) is 0 Å². The first-order valence-electron chi connectivity index (χ1n) is 7.29. The molecule has 6 nitrogen and oxygen atoms in total. The summed E-state index contributed by atoms with van der Waals surface area (Å²) in [6, 6.07) is 12.3. The summed E-state index contributed by atoms with van der Waals surface area (Å²) in [6.07, 6.45) is 0.369. The van der Waals surface area contributed by atoms with E-state index in [9.17, 15) is 9.59 Å². The number of methoxy groups -OCH3 is 1. The molecular weight excluding hydrogens is 294 g/mol. The Bertz CT molecular complexity index is 741. The van der Waals surface area contributed by atoms with E-state index in [1.807, 2.05) is 0 Å². The van der Waals surface area contributed by atoms with Crippen LogP contribution in [-0.2, 0) is 4.79 Å². The molecule has 0 bridgehead atoms. The lowest BCUT2D eigenvalue weighted by atomic mass is 10.1. The first kappa shape index (κ1) is 14.9. The normalized spacial score (nSPS) is 13.2. The molecule has 1 aliphatic heterocycles. The summed E-state index contributed by atoms with van der Waals surface area (Å²) in [4.78, 5) is 24.2. The van der Waals surface area contributed by atoms with Crippen molar-refractivity contribution in [3.8, 4) is 5.75 Å². The molecule has 6 heteroatoms. The lowest BCUT2D eigenvalue weighted by Gasteiger charge is -2.13. The second kappa shape index (κ2) is 6.39. The Kier molecular flexibility index (Phi) is 4.14. The molecule has 0 saturated carbocycles. The van der Waals surface area contributed by atoms with E-state index < -0.39 is 0 Å². The summed E-state index contributed by atoms with van der Waals surface area (Å²) in [5.74, 6) is 0.417. The van der Waals surface area contributed by atoms with Crippen LogP contribution in [0.4, 0.5) is 17.1 Å². The van der Waals surface area contributed by atoms with E-state index in [0.717, 1.165) is 5.75 Å². The molecule has 0 spiro atoms. The van der Waals surface area contributed by atoms with Crippen molar-refractivity contribution in [3.63, 3.8) is 0 Å². The molecule has 2 amide bonds. The number of para-hydroxylation sites is 1. The Labute approximate surface area is 133 Å². The summed E-state index contributed by atoms with van der Waals surface area (Å²) >= 11 is 0. The van der Waals surface area contributed by atoms with E-state index in [0.29, 0.717) is 35.6 Å². The number of anilines is 3. The average molecular weight is 311 g/mol. The molecule has 1 aliphatic rings. The number of ether oxygens (including phenoxy) is 1. The van der Waals surface area contributed by atoms with Gasteiger partial charge in [0.25, 0.3) is 5.91 Å². The van der Waals surface area contributed by atoms with Crippen molar-refractivity contribution < 1.29 is 14.3 Å². The van der Waals surface area contributed by atoms with Crippen LogP contribution < -0.4 is 20.7 Å². The van der Waals surface area contributed by atoms with Crippen molar-refractivity contribution in [3.05, 3.63) is 48.0 Å². The third kappa shape index (κ3) is 3.26. The van der Waals surface area contributed by atoms with E-state index in [4.69, 9.17) is 4.74 Å². The van der Waals surface area contributed by atoms with Crippen molar-refractivity contribution in [1.29, 1.82) is 0 Å². The van der Waals surface area contributed by atoms with Gasteiger partial charge in [0.05, 0.1) is 24.0 Å². The fraction of sp³-hybridized carbons (Fsp3) is 0.176. The smallest absolute Gasteiger partial charge is 0.257 e. The maximum Gasteiger partial charge on any atom is 0.257 e. The highest BCUT2D eigenvalue weighted by Crippen LogP contribution is 2.29. The highest BCUT2D eigenvalue weighted by atomic mass is 16.5. The van der Waals surface area contributed by atoms with Gasteiger partial charge in [-0.3, -0.25) is 9.59 Å². The third-order valence-electron chi connectivity index (χ3n) is 3.58. The second-order valence-corrected chi connectivity index (χ2v) is 5.14. The van der Waals surface area contributed by atoms with Gasteiger partial charge in [-0.2, -0.15) is 0 Å². The molecule has 0 aromatic heterocycles. The molecular formula is C17H17N3O3. The first-order chi connectivity index (χ1) is 11.2. The molecule has 118 valence electrons. The van der Waals surface area contributed by atoms with Crippen molar-refractivity contribution in [2.75, 3.05) is 29.6 Å². The van der Waals surface area contributed by atoms with E-state index in [-0.39, 0.29) is 11.8 Å². The molecule has 2 aromatic rings. The van der Waals surface area contributed by atoms with E-state index >= 15 is 0 Å². The van der Waals surface area contributed by atoms with Gasteiger partial charge in [0, 0.05) is 18.7 Å². The third-order valence-corrected chi connectivity index (χ3v) is 3.58. The molecule has 2 aromatic carbocycles. The van der Waals surface area contributed by atoms with E-state index in [2.05, 4.69) is 16.0 Å². The number of nitrogens with one attached hydrogen (secondary N) is 3. The van der Waals surface area contributed by atoms with Crippen LogP contribution in [0.1, 0.15) is 16.8 Å². The first-order valence-corrected chi connectivity index (χ1v) is 7.29. The molecule has 0 fully saturated rings. The minimum atomic E-state index is -0.240. The second-order valence-electron chi connectivity index (χ2n) is 5.14. The van der Waals surface area contributed by atoms with Crippen LogP contribution >= 0.6 is 0 Å². The fourth-order valence-corrected chi connectivity index (χ4v) is 2.42. The Morgan fingerprint density at radius 2 is 1.96 bits per heavy atom.